The molecule has 2 aromatic rings. The monoisotopic (exact) mass is 352 g/mol. The van der Waals surface area contributed by atoms with Crippen molar-refractivity contribution in [2.45, 2.75) is 0 Å². The van der Waals surface area contributed by atoms with Crippen molar-refractivity contribution in [3.63, 3.8) is 0 Å². The van der Waals surface area contributed by atoms with E-state index in [1.54, 1.807) is 6.08 Å². The second-order valence-corrected chi connectivity index (χ2v) is 6.20. The molecular weight excluding hydrogens is 344 g/mol. The summed E-state index contributed by atoms with van der Waals surface area (Å²) in [5, 5.41) is 11.3. The number of hydrogen-bond donors (Lipinski definition) is 2. The number of carboxylic acid groups (broad SMARTS) is 1. The summed E-state index contributed by atoms with van der Waals surface area (Å²) < 4.78 is 0.989. The quantitative estimate of drug-likeness (QED) is 0.827. The molecule has 0 radical (unpaired) electrons. The van der Waals surface area contributed by atoms with Gasteiger partial charge >= 0.3 is 5.97 Å². The zero-order valence-corrected chi connectivity index (χ0v) is 12.4. The van der Waals surface area contributed by atoms with Crippen LogP contribution in [0.2, 0.25) is 0 Å². The highest BCUT2D eigenvalue weighted by molar-refractivity contribution is 9.11. The van der Waals surface area contributed by atoms with Crippen molar-refractivity contribution in [3.8, 4) is 0 Å². The Labute approximate surface area is 127 Å². The first-order valence-corrected chi connectivity index (χ1v) is 7.09. The summed E-state index contributed by atoms with van der Waals surface area (Å²) in [4.78, 5) is 27.1. The number of carboxylic acids is 1. The summed E-state index contributed by atoms with van der Waals surface area (Å²) in [7, 11) is 0. The lowest BCUT2D eigenvalue weighted by molar-refractivity contribution is -0.111. The average Bonchev–Trinajstić information content (AvgIpc) is 2.83. The van der Waals surface area contributed by atoms with Gasteiger partial charge in [-0.15, -0.1) is 11.3 Å². The van der Waals surface area contributed by atoms with E-state index in [9.17, 15) is 9.59 Å². The lowest BCUT2D eigenvalue weighted by atomic mass is 10.3. The van der Waals surface area contributed by atoms with E-state index in [-0.39, 0.29) is 11.5 Å². The van der Waals surface area contributed by atoms with E-state index in [0.717, 1.165) is 8.66 Å². The van der Waals surface area contributed by atoms with Gasteiger partial charge in [-0.05, 0) is 46.3 Å². The van der Waals surface area contributed by atoms with Crippen molar-refractivity contribution in [2.24, 2.45) is 0 Å². The summed E-state index contributed by atoms with van der Waals surface area (Å²) in [5.74, 6) is -1.08. The van der Waals surface area contributed by atoms with E-state index < -0.39 is 5.97 Å². The van der Waals surface area contributed by atoms with Crippen molar-refractivity contribution >= 4 is 51.0 Å². The van der Waals surface area contributed by atoms with Gasteiger partial charge in [-0.1, -0.05) is 0 Å². The molecule has 2 aromatic heterocycles. The van der Waals surface area contributed by atoms with Gasteiger partial charge in [0.15, 0.2) is 0 Å². The Kier molecular flexibility index (Phi) is 4.65. The minimum Gasteiger partial charge on any atom is -0.478 e. The topological polar surface area (TPSA) is 79.3 Å². The minimum absolute atomic E-state index is 0.0713. The molecule has 5 nitrogen and oxygen atoms in total. The molecule has 0 unspecified atom stereocenters. The number of carbonyl (C=O) groups excluding carboxylic acids is 1. The Bertz CT molecular complexity index is 665. The highest BCUT2D eigenvalue weighted by Gasteiger charge is 2.04. The number of nitrogens with zero attached hydrogens (tertiary/aromatic N) is 1. The third kappa shape index (κ3) is 4.01. The fourth-order valence-corrected chi connectivity index (χ4v) is 2.66. The smallest absolute Gasteiger partial charge is 0.337 e. The molecule has 0 fully saturated rings. The second kappa shape index (κ2) is 6.44. The molecule has 2 N–H and O–H groups in total. The van der Waals surface area contributed by atoms with Gasteiger partial charge in [-0.3, -0.25) is 4.79 Å². The van der Waals surface area contributed by atoms with Crippen LogP contribution in [-0.2, 0) is 4.79 Å². The van der Waals surface area contributed by atoms with Crippen LogP contribution in [0.25, 0.3) is 6.08 Å². The predicted molar refractivity (Wildman–Crippen MR) is 80.9 cm³/mol. The number of aromatic carboxylic acids is 1. The van der Waals surface area contributed by atoms with E-state index in [4.69, 9.17) is 5.11 Å². The molecule has 1 amide bonds. The van der Waals surface area contributed by atoms with Crippen LogP contribution in [0, 0.1) is 0 Å². The van der Waals surface area contributed by atoms with Gasteiger partial charge < -0.3 is 10.4 Å². The van der Waals surface area contributed by atoms with Crippen molar-refractivity contribution in [3.05, 3.63) is 50.8 Å². The first-order valence-electron chi connectivity index (χ1n) is 5.48. The Morgan fingerprint density at radius 2 is 2.10 bits per heavy atom. The molecule has 7 heteroatoms. The molecule has 0 aliphatic heterocycles. The van der Waals surface area contributed by atoms with Gasteiger partial charge in [-0.2, -0.15) is 0 Å². The first kappa shape index (κ1) is 14.4. The molecule has 0 spiro atoms. The van der Waals surface area contributed by atoms with Crippen LogP contribution in [-0.4, -0.2) is 22.0 Å². The number of pyridine rings is 1. The van der Waals surface area contributed by atoms with Crippen LogP contribution >= 0.6 is 27.3 Å². The maximum atomic E-state index is 11.7. The zero-order chi connectivity index (χ0) is 14.5. The van der Waals surface area contributed by atoms with Gasteiger partial charge in [0.2, 0.25) is 5.91 Å². The minimum atomic E-state index is -1.06. The van der Waals surface area contributed by atoms with Crippen molar-refractivity contribution in [1.29, 1.82) is 0 Å². The zero-order valence-electron chi connectivity index (χ0n) is 10.0. The molecule has 2 rings (SSSR count). The largest absolute Gasteiger partial charge is 0.478 e. The third-order valence-corrected chi connectivity index (χ3v) is 3.84. The van der Waals surface area contributed by atoms with Crippen LogP contribution in [0.1, 0.15) is 15.2 Å². The number of rotatable bonds is 4. The summed E-state index contributed by atoms with van der Waals surface area (Å²) in [6, 6.07) is 6.61. The van der Waals surface area contributed by atoms with E-state index in [1.165, 1.54) is 35.7 Å². The number of hydrogen-bond acceptors (Lipinski definition) is 4. The summed E-state index contributed by atoms with van der Waals surface area (Å²) >= 11 is 4.85. The highest BCUT2D eigenvalue weighted by atomic mass is 79.9. The van der Waals surface area contributed by atoms with Crippen LogP contribution in [0.3, 0.4) is 0 Å². The van der Waals surface area contributed by atoms with Crippen molar-refractivity contribution in [2.75, 3.05) is 5.32 Å². The first-order chi connectivity index (χ1) is 9.54. The van der Waals surface area contributed by atoms with Crippen molar-refractivity contribution < 1.29 is 14.7 Å². The molecule has 0 aliphatic carbocycles. The number of amides is 1. The van der Waals surface area contributed by atoms with Gasteiger partial charge in [0.25, 0.3) is 0 Å². The summed E-state index contributed by atoms with van der Waals surface area (Å²) in [6.45, 7) is 0. The Morgan fingerprint density at radius 1 is 1.30 bits per heavy atom. The fourth-order valence-electron chi connectivity index (χ4n) is 1.34. The van der Waals surface area contributed by atoms with E-state index in [1.807, 2.05) is 12.1 Å². The number of nitrogens with one attached hydrogen (secondary N) is 1. The number of carbonyl (C=O) groups is 2. The number of halogens is 1. The number of aromatic nitrogens is 1. The van der Waals surface area contributed by atoms with Gasteiger partial charge in [-0.25, -0.2) is 9.78 Å². The van der Waals surface area contributed by atoms with Gasteiger partial charge in [0.1, 0.15) is 5.82 Å². The highest BCUT2D eigenvalue weighted by Crippen LogP contribution is 2.22. The maximum absolute atomic E-state index is 11.7. The normalized spacial score (nSPS) is 10.7. The molecule has 0 atom stereocenters. The van der Waals surface area contributed by atoms with E-state index in [0.29, 0.717) is 5.82 Å². The van der Waals surface area contributed by atoms with Gasteiger partial charge in [0.05, 0.1) is 9.35 Å². The predicted octanol–water partition coefficient (Wildman–Crippen LogP) is 3.26. The molecule has 2 heterocycles. The summed E-state index contributed by atoms with van der Waals surface area (Å²) in [6.07, 6.45) is 4.28. The number of anilines is 1. The second-order valence-electron chi connectivity index (χ2n) is 3.70. The lowest BCUT2D eigenvalue weighted by Gasteiger charge is -2.01. The molecule has 20 heavy (non-hydrogen) atoms. The Hall–Kier alpha value is -1.99. The molecule has 102 valence electrons. The maximum Gasteiger partial charge on any atom is 0.337 e. The van der Waals surface area contributed by atoms with E-state index in [2.05, 4.69) is 26.2 Å². The van der Waals surface area contributed by atoms with Crippen LogP contribution in [0.15, 0.2) is 40.3 Å². The summed E-state index contributed by atoms with van der Waals surface area (Å²) in [5.41, 5.74) is 0.0713. The fraction of sp³-hybridized carbons (Fsp3) is 0. The van der Waals surface area contributed by atoms with Crippen LogP contribution in [0.4, 0.5) is 5.82 Å². The van der Waals surface area contributed by atoms with Crippen molar-refractivity contribution in [1.82, 2.24) is 4.98 Å². The molecule has 0 saturated heterocycles. The molecule has 0 bridgehead atoms. The average molecular weight is 353 g/mol. The third-order valence-electron chi connectivity index (χ3n) is 2.25. The Balaban J connectivity index is 1.97. The molecule has 0 aromatic carbocycles. The molecule has 0 aliphatic rings. The SMILES string of the molecule is O=C(/C=C/c1ccc(Br)s1)Nc1ccc(C(=O)O)cn1. The van der Waals surface area contributed by atoms with Gasteiger partial charge in [0, 0.05) is 17.2 Å². The Morgan fingerprint density at radius 3 is 2.65 bits per heavy atom. The van der Waals surface area contributed by atoms with Crippen LogP contribution in [0.5, 0.6) is 0 Å². The molecular formula is C13H9BrN2O3S. The standard InChI is InChI=1S/C13H9BrN2O3S/c14-10-4-2-9(20-10)3-6-12(17)16-11-5-1-8(7-15-11)13(18)19/h1-7H,(H,18,19)(H,15,16,17)/b6-3+. The molecule has 0 saturated carbocycles. The lowest BCUT2D eigenvalue weighted by Crippen LogP contribution is -2.09. The number of thiophene rings is 1. The van der Waals surface area contributed by atoms with E-state index >= 15 is 0 Å². The van der Waals surface area contributed by atoms with Crippen LogP contribution < -0.4 is 5.32 Å².